The lowest BCUT2D eigenvalue weighted by Gasteiger charge is -2.26. The predicted molar refractivity (Wildman–Crippen MR) is 127 cm³/mol. The van der Waals surface area contributed by atoms with Crippen molar-refractivity contribution in [1.82, 2.24) is 15.0 Å². The third kappa shape index (κ3) is 4.74. The van der Waals surface area contributed by atoms with Crippen molar-refractivity contribution in [2.45, 2.75) is 50.6 Å². The first-order chi connectivity index (χ1) is 17.1. The van der Waals surface area contributed by atoms with E-state index >= 15 is 0 Å². The molecule has 1 fully saturated rings. The van der Waals surface area contributed by atoms with Crippen molar-refractivity contribution in [1.29, 1.82) is 0 Å². The SMILES string of the molecule is [CH2][C@@H]1C[C@@H](Nc2ncncc2C(=O)c2cc([C@@H]3OCCc4ccc(C(F)(F)F)nc43)c(C)s2)C[C@@H]1O. The van der Waals surface area contributed by atoms with Gasteiger partial charge >= 0.3 is 6.18 Å². The van der Waals surface area contributed by atoms with Crippen LogP contribution in [0.2, 0.25) is 0 Å². The molecule has 0 aromatic carbocycles. The van der Waals surface area contributed by atoms with Crippen LogP contribution in [0.3, 0.4) is 0 Å². The van der Waals surface area contributed by atoms with Gasteiger partial charge in [0, 0.05) is 22.7 Å². The summed E-state index contributed by atoms with van der Waals surface area (Å²) in [6.07, 6.45) is -1.50. The monoisotopic (exact) mass is 517 g/mol. The van der Waals surface area contributed by atoms with Gasteiger partial charge in [-0.15, -0.1) is 11.3 Å². The molecular formula is C25H24F3N4O3S. The Balaban J connectivity index is 1.44. The number of anilines is 1. The van der Waals surface area contributed by atoms with Crippen LogP contribution in [0.25, 0.3) is 0 Å². The molecule has 1 aliphatic heterocycles. The number of nitrogens with one attached hydrogen (secondary N) is 1. The van der Waals surface area contributed by atoms with Crippen molar-refractivity contribution in [2.75, 3.05) is 11.9 Å². The minimum atomic E-state index is -4.57. The van der Waals surface area contributed by atoms with E-state index in [-0.39, 0.29) is 29.0 Å². The molecule has 7 nitrogen and oxygen atoms in total. The molecule has 5 rings (SSSR count). The number of thiophene rings is 1. The zero-order valence-electron chi connectivity index (χ0n) is 19.4. The van der Waals surface area contributed by atoms with Gasteiger partial charge in [-0.1, -0.05) is 6.07 Å². The number of aliphatic hydroxyl groups excluding tert-OH is 1. The van der Waals surface area contributed by atoms with Gasteiger partial charge in [0.2, 0.25) is 5.78 Å². The number of carbonyl (C=O) groups is 1. The minimum Gasteiger partial charge on any atom is -0.393 e. The number of fused-ring (bicyclic) bond motifs is 1. The molecule has 189 valence electrons. The number of ketones is 1. The minimum absolute atomic E-state index is 0.0781. The van der Waals surface area contributed by atoms with Gasteiger partial charge in [0.25, 0.3) is 0 Å². The van der Waals surface area contributed by atoms with Gasteiger partial charge in [-0.3, -0.25) is 4.79 Å². The molecule has 1 radical (unpaired) electrons. The number of carbonyl (C=O) groups excluding carboxylic acids is 1. The van der Waals surface area contributed by atoms with Crippen LogP contribution in [0.5, 0.6) is 0 Å². The van der Waals surface area contributed by atoms with Gasteiger partial charge in [0.15, 0.2) is 0 Å². The Hall–Kier alpha value is -2.89. The Labute approximate surface area is 209 Å². The second-order valence-corrected chi connectivity index (χ2v) is 10.4. The van der Waals surface area contributed by atoms with Crippen molar-refractivity contribution < 1.29 is 27.8 Å². The highest BCUT2D eigenvalue weighted by molar-refractivity contribution is 7.14. The number of nitrogens with zero attached hydrogens (tertiary/aromatic N) is 3. The highest BCUT2D eigenvalue weighted by atomic mass is 32.1. The predicted octanol–water partition coefficient (Wildman–Crippen LogP) is 4.54. The first-order valence-corrected chi connectivity index (χ1v) is 12.3. The molecule has 0 bridgehead atoms. The summed E-state index contributed by atoms with van der Waals surface area (Å²) < 4.78 is 45.8. The molecule has 1 aliphatic carbocycles. The van der Waals surface area contributed by atoms with Gasteiger partial charge < -0.3 is 15.2 Å². The van der Waals surface area contributed by atoms with Crippen LogP contribution >= 0.6 is 11.3 Å². The van der Waals surface area contributed by atoms with Crippen LogP contribution < -0.4 is 5.32 Å². The summed E-state index contributed by atoms with van der Waals surface area (Å²) in [5.41, 5.74) is 0.836. The van der Waals surface area contributed by atoms with Gasteiger partial charge in [-0.05, 0) is 56.7 Å². The van der Waals surface area contributed by atoms with Gasteiger partial charge in [0.1, 0.15) is 23.9 Å². The van der Waals surface area contributed by atoms with Crippen LogP contribution in [0, 0.1) is 19.8 Å². The first kappa shape index (κ1) is 24.8. The molecule has 4 atom stereocenters. The number of aliphatic hydroxyl groups is 1. The second kappa shape index (κ2) is 9.53. The van der Waals surface area contributed by atoms with E-state index in [4.69, 9.17) is 4.74 Å². The highest BCUT2D eigenvalue weighted by Crippen LogP contribution is 2.39. The molecule has 3 aromatic heterocycles. The van der Waals surface area contributed by atoms with Crippen molar-refractivity contribution in [3.63, 3.8) is 0 Å². The van der Waals surface area contributed by atoms with Gasteiger partial charge in [-0.2, -0.15) is 13.2 Å². The molecule has 0 saturated heterocycles. The molecule has 11 heteroatoms. The van der Waals surface area contributed by atoms with E-state index < -0.39 is 24.1 Å². The summed E-state index contributed by atoms with van der Waals surface area (Å²) in [6, 6.07) is 4.02. The molecule has 2 N–H and O–H groups in total. The fraction of sp³-hybridized carbons (Fsp3) is 0.400. The molecule has 0 unspecified atom stereocenters. The van der Waals surface area contributed by atoms with Crippen LogP contribution in [0.4, 0.5) is 19.0 Å². The summed E-state index contributed by atoms with van der Waals surface area (Å²) in [5.74, 6) is -0.0457. The number of ether oxygens (including phenoxy) is 1. The number of aromatic nitrogens is 3. The smallest absolute Gasteiger partial charge is 0.393 e. The van der Waals surface area contributed by atoms with Crippen LogP contribution in [-0.4, -0.2) is 44.6 Å². The molecule has 2 aliphatic rings. The lowest BCUT2D eigenvalue weighted by atomic mass is 9.97. The normalized spacial score (nSPS) is 23.9. The Kier molecular flexibility index (Phi) is 6.56. The summed E-state index contributed by atoms with van der Waals surface area (Å²) >= 11 is 1.23. The third-order valence-electron chi connectivity index (χ3n) is 6.62. The topological polar surface area (TPSA) is 97.2 Å². The number of hydrogen-bond donors (Lipinski definition) is 2. The van der Waals surface area contributed by atoms with E-state index in [1.807, 2.05) is 0 Å². The molecule has 4 heterocycles. The van der Waals surface area contributed by atoms with Crippen molar-refractivity contribution in [3.05, 3.63) is 75.5 Å². The summed E-state index contributed by atoms with van der Waals surface area (Å²) in [5, 5.41) is 13.2. The van der Waals surface area contributed by atoms with Gasteiger partial charge in [-0.25, -0.2) is 15.0 Å². The molecule has 3 aromatic rings. The van der Waals surface area contributed by atoms with Crippen LogP contribution in [0.15, 0.2) is 30.7 Å². The van der Waals surface area contributed by atoms with E-state index in [1.54, 1.807) is 13.0 Å². The van der Waals surface area contributed by atoms with E-state index in [9.17, 15) is 23.1 Å². The molecule has 36 heavy (non-hydrogen) atoms. The second-order valence-electron chi connectivity index (χ2n) is 9.12. The van der Waals surface area contributed by atoms with E-state index in [0.717, 1.165) is 10.9 Å². The average Bonchev–Trinajstić information content (AvgIpc) is 3.38. The summed E-state index contributed by atoms with van der Waals surface area (Å²) in [7, 11) is 0. The maximum atomic E-state index is 13.5. The number of halogens is 3. The fourth-order valence-corrected chi connectivity index (χ4v) is 5.73. The Bertz CT molecular complexity index is 1290. The van der Waals surface area contributed by atoms with E-state index in [2.05, 4.69) is 27.2 Å². The third-order valence-corrected chi connectivity index (χ3v) is 7.69. The Morgan fingerprint density at radius 1 is 1.31 bits per heavy atom. The molecule has 0 spiro atoms. The van der Waals surface area contributed by atoms with E-state index in [0.29, 0.717) is 47.7 Å². The highest BCUT2D eigenvalue weighted by Gasteiger charge is 2.36. The molecule has 1 saturated carbocycles. The maximum Gasteiger partial charge on any atom is 0.433 e. The zero-order chi connectivity index (χ0) is 25.6. The standard InChI is InChI=1S/C25H24F3N4O3S/c1-12-7-15(8-18(12)33)31-24-17(10-29-11-30-24)22(34)19-9-16(13(2)36-19)23-21-14(5-6-35-23)3-4-20(32-21)25(26,27)28/h3-4,9-12,15,18,23,33H,1,5-8H2,2H3,(H,29,30,31)/t12-,15-,18+,23+/m1/s1. The van der Waals surface area contributed by atoms with Crippen molar-refractivity contribution in [3.8, 4) is 0 Å². The quantitative estimate of drug-likeness (QED) is 0.480. The maximum absolute atomic E-state index is 13.5. The molecule has 0 amide bonds. The lowest BCUT2D eigenvalue weighted by Crippen LogP contribution is -2.21. The van der Waals surface area contributed by atoms with Crippen molar-refractivity contribution >= 4 is 22.9 Å². The zero-order valence-corrected chi connectivity index (χ0v) is 20.2. The fourth-order valence-electron chi connectivity index (χ4n) is 4.73. The number of pyridine rings is 1. The summed E-state index contributed by atoms with van der Waals surface area (Å²) in [4.78, 5) is 26.8. The summed E-state index contributed by atoms with van der Waals surface area (Å²) in [6.45, 7) is 6.08. The van der Waals surface area contributed by atoms with Crippen molar-refractivity contribution in [2.24, 2.45) is 5.92 Å². The van der Waals surface area contributed by atoms with Crippen LogP contribution in [0.1, 0.15) is 61.6 Å². The Morgan fingerprint density at radius 3 is 2.83 bits per heavy atom. The number of rotatable bonds is 5. The number of alkyl halides is 3. The average molecular weight is 518 g/mol. The molecular weight excluding hydrogens is 493 g/mol. The first-order valence-electron chi connectivity index (χ1n) is 11.5. The van der Waals surface area contributed by atoms with Gasteiger partial charge in [0.05, 0.1) is 28.8 Å². The largest absolute Gasteiger partial charge is 0.433 e. The van der Waals surface area contributed by atoms with Crippen LogP contribution in [-0.2, 0) is 17.3 Å². The van der Waals surface area contributed by atoms with E-state index in [1.165, 1.54) is 29.9 Å². The number of aryl methyl sites for hydroxylation is 1. The Morgan fingerprint density at radius 2 is 2.11 bits per heavy atom. The lowest BCUT2D eigenvalue weighted by molar-refractivity contribution is -0.141. The number of hydrogen-bond acceptors (Lipinski definition) is 8.